The molecule has 2 saturated heterocycles. The molecular weight excluding hydrogens is 418 g/mol. The lowest BCUT2D eigenvalue weighted by molar-refractivity contribution is 0.0603. The first kappa shape index (κ1) is 21.2. The largest absolute Gasteiger partial charge is 0.319 e. The summed E-state index contributed by atoms with van der Waals surface area (Å²) < 4.78 is 2.58. The molecule has 2 saturated carbocycles. The van der Waals surface area contributed by atoms with Gasteiger partial charge >= 0.3 is 0 Å². The van der Waals surface area contributed by atoms with Crippen molar-refractivity contribution in [1.82, 2.24) is 24.6 Å². The highest BCUT2D eigenvalue weighted by atomic mass is 15.2. The Morgan fingerprint density at radius 2 is 1.53 bits per heavy atom. The SMILES string of the molecule is c1ccc2c(c1)nc(-c1ccn[nH]1)n2C1CC2CCCC(C1)N(C1CC3CCCCC(C3)C1)C2. The Balaban J connectivity index is 1.23. The standard InChI is InChI=1S/C29H39N5/c1-2-7-21-14-20(6-1)15-24(16-21)33-19-22-8-5-9-23(33)18-25(17-22)34-28-11-4-3-10-26(28)31-29(34)27-12-13-30-32-27/h3-4,10-13,20-25H,1-2,5-9,14-19H2,(H,30,32). The Hall–Kier alpha value is -2.14. The predicted molar refractivity (Wildman–Crippen MR) is 137 cm³/mol. The molecular formula is C29H39N5. The molecule has 2 aliphatic heterocycles. The molecule has 4 heterocycles. The van der Waals surface area contributed by atoms with E-state index in [2.05, 4.69) is 50.0 Å². The van der Waals surface area contributed by atoms with Crippen LogP contribution < -0.4 is 0 Å². The summed E-state index contributed by atoms with van der Waals surface area (Å²) >= 11 is 0. The van der Waals surface area contributed by atoms with E-state index >= 15 is 0 Å². The number of hydrogen-bond donors (Lipinski definition) is 1. The second kappa shape index (κ2) is 8.82. The molecule has 7 rings (SSSR count). The summed E-state index contributed by atoms with van der Waals surface area (Å²) in [4.78, 5) is 8.14. The van der Waals surface area contributed by atoms with Crippen LogP contribution >= 0.6 is 0 Å². The number of para-hydroxylation sites is 2. The van der Waals surface area contributed by atoms with Crippen molar-refractivity contribution in [2.75, 3.05) is 6.54 Å². The van der Waals surface area contributed by atoms with Crippen LogP contribution in [0.4, 0.5) is 0 Å². The van der Waals surface area contributed by atoms with Crippen molar-refractivity contribution in [2.24, 2.45) is 17.8 Å². The van der Waals surface area contributed by atoms with E-state index in [0.29, 0.717) is 6.04 Å². The van der Waals surface area contributed by atoms with Crippen molar-refractivity contribution in [2.45, 2.75) is 95.2 Å². The number of nitrogens with one attached hydrogen (secondary N) is 1. The molecule has 34 heavy (non-hydrogen) atoms. The third-order valence-electron chi connectivity index (χ3n) is 9.76. The Morgan fingerprint density at radius 1 is 0.735 bits per heavy atom. The van der Waals surface area contributed by atoms with Gasteiger partial charge < -0.3 is 4.57 Å². The van der Waals surface area contributed by atoms with Gasteiger partial charge in [-0.25, -0.2) is 4.98 Å². The van der Waals surface area contributed by atoms with Gasteiger partial charge in [-0.3, -0.25) is 10.00 Å². The lowest BCUT2D eigenvalue weighted by Crippen LogP contribution is -2.47. The molecule has 0 radical (unpaired) electrons. The summed E-state index contributed by atoms with van der Waals surface area (Å²) in [6.45, 7) is 1.33. The molecule has 5 unspecified atom stereocenters. The van der Waals surface area contributed by atoms with Crippen LogP contribution in [0.1, 0.15) is 83.1 Å². The molecule has 1 aromatic carbocycles. The van der Waals surface area contributed by atoms with Gasteiger partial charge in [0.2, 0.25) is 0 Å². The molecule has 1 N–H and O–H groups in total. The van der Waals surface area contributed by atoms with Crippen molar-refractivity contribution in [3.8, 4) is 11.5 Å². The Labute approximate surface area is 203 Å². The van der Waals surface area contributed by atoms with Gasteiger partial charge in [-0.1, -0.05) is 44.2 Å². The third-order valence-corrected chi connectivity index (χ3v) is 9.76. The first-order valence-electron chi connectivity index (χ1n) is 14.0. The predicted octanol–water partition coefficient (Wildman–Crippen LogP) is 6.59. The molecule has 4 fully saturated rings. The monoisotopic (exact) mass is 457 g/mol. The Morgan fingerprint density at radius 3 is 2.35 bits per heavy atom. The van der Waals surface area contributed by atoms with Crippen LogP contribution in [-0.4, -0.2) is 43.3 Å². The highest BCUT2D eigenvalue weighted by molar-refractivity contribution is 5.80. The fourth-order valence-corrected chi connectivity index (χ4v) is 8.37. The van der Waals surface area contributed by atoms with Crippen LogP contribution in [0.3, 0.4) is 0 Å². The minimum Gasteiger partial charge on any atom is -0.319 e. The van der Waals surface area contributed by atoms with Gasteiger partial charge in [-0.05, 0) is 80.9 Å². The lowest BCUT2D eigenvalue weighted by atomic mass is 9.77. The van der Waals surface area contributed by atoms with Crippen molar-refractivity contribution in [3.05, 3.63) is 36.5 Å². The Bertz CT molecular complexity index is 1100. The van der Waals surface area contributed by atoms with E-state index in [1.165, 1.54) is 89.1 Å². The summed E-state index contributed by atoms with van der Waals surface area (Å²) in [6, 6.07) is 12.9. The molecule has 0 spiro atoms. The number of fused-ring (bicyclic) bond motifs is 6. The van der Waals surface area contributed by atoms with E-state index in [9.17, 15) is 0 Å². The van der Waals surface area contributed by atoms with E-state index in [-0.39, 0.29) is 0 Å². The number of aromatic nitrogens is 4. The normalized spacial score (nSPS) is 34.6. The van der Waals surface area contributed by atoms with Crippen LogP contribution in [0, 0.1) is 17.8 Å². The summed E-state index contributed by atoms with van der Waals surface area (Å²) in [7, 11) is 0. The van der Waals surface area contributed by atoms with E-state index in [0.717, 1.165) is 46.9 Å². The zero-order valence-electron chi connectivity index (χ0n) is 20.4. The molecule has 0 amide bonds. The van der Waals surface area contributed by atoms with Crippen LogP contribution in [0.2, 0.25) is 0 Å². The van der Waals surface area contributed by atoms with Gasteiger partial charge in [0.1, 0.15) is 5.69 Å². The van der Waals surface area contributed by atoms with Crippen molar-refractivity contribution in [3.63, 3.8) is 0 Å². The second-order valence-electron chi connectivity index (χ2n) is 11.9. The number of nitrogens with zero attached hydrogens (tertiary/aromatic N) is 4. The fourth-order valence-electron chi connectivity index (χ4n) is 8.37. The second-order valence-corrected chi connectivity index (χ2v) is 11.9. The average molecular weight is 458 g/mol. The number of imidazole rings is 1. The van der Waals surface area contributed by atoms with E-state index in [1.807, 2.05) is 6.20 Å². The van der Waals surface area contributed by atoms with E-state index in [4.69, 9.17) is 4.98 Å². The number of benzene rings is 1. The highest BCUT2D eigenvalue weighted by Crippen LogP contribution is 2.46. The van der Waals surface area contributed by atoms with E-state index in [1.54, 1.807) is 0 Å². The van der Waals surface area contributed by atoms with Crippen molar-refractivity contribution >= 4 is 11.0 Å². The summed E-state index contributed by atoms with van der Waals surface area (Å²) in [5.41, 5.74) is 3.43. The maximum absolute atomic E-state index is 5.09. The molecule has 2 aliphatic carbocycles. The van der Waals surface area contributed by atoms with Gasteiger partial charge in [0.15, 0.2) is 5.82 Å². The first-order valence-corrected chi connectivity index (χ1v) is 14.0. The smallest absolute Gasteiger partial charge is 0.159 e. The maximum Gasteiger partial charge on any atom is 0.159 e. The Kier molecular flexibility index (Phi) is 5.49. The highest BCUT2D eigenvalue weighted by Gasteiger charge is 2.41. The number of aromatic amines is 1. The van der Waals surface area contributed by atoms with Gasteiger partial charge in [0.25, 0.3) is 0 Å². The maximum atomic E-state index is 5.09. The van der Waals surface area contributed by atoms with Crippen molar-refractivity contribution in [1.29, 1.82) is 0 Å². The molecule has 4 bridgehead atoms. The van der Waals surface area contributed by atoms with Crippen LogP contribution in [0.15, 0.2) is 36.5 Å². The first-order chi connectivity index (χ1) is 16.8. The number of H-pyrrole nitrogens is 1. The summed E-state index contributed by atoms with van der Waals surface area (Å²) in [5, 5.41) is 7.46. The number of hydrogen-bond acceptors (Lipinski definition) is 3. The molecule has 5 heteroatoms. The molecule has 2 aromatic heterocycles. The van der Waals surface area contributed by atoms with Crippen LogP contribution in [0.5, 0.6) is 0 Å². The molecule has 180 valence electrons. The summed E-state index contributed by atoms with van der Waals surface area (Å²) in [5.74, 6) is 3.86. The van der Waals surface area contributed by atoms with Crippen LogP contribution in [0.25, 0.3) is 22.6 Å². The fraction of sp³-hybridized carbons (Fsp3) is 0.655. The minimum absolute atomic E-state index is 0.511. The number of rotatable bonds is 3. The topological polar surface area (TPSA) is 49.7 Å². The molecule has 5 nitrogen and oxygen atoms in total. The lowest BCUT2D eigenvalue weighted by Gasteiger charge is -2.43. The van der Waals surface area contributed by atoms with E-state index < -0.39 is 0 Å². The zero-order valence-corrected chi connectivity index (χ0v) is 20.4. The quantitative estimate of drug-likeness (QED) is 0.482. The minimum atomic E-state index is 0.511. The zero-order chi connectivity index (χ0) is 22.5. The van der Waals surface area contributed by atoms with Gasteiger partial charge in [0.05, 0.1) is 11.0 Å². The van der Waals surface area contributed by atoms with Gasteiger partial charge in [-0.15, -0.1) is 0 Å². The third kappa shape index (κ3) is 3.80. The van der Waals surface area contributed by atoms with Crippen LogP contribution in [-0.2, 0) is 0 Å². The van der Waals surface area contributed by atoms with Gasteiger partial charge in [0, 0.05) is 30.9 Å². The van der Waals surface area contributed by atoms with Crippen molar-refractivity contribution < 1.29 is 0 Å². The molecule has 3 aromatic rings. The average Bonchev–Trinajstić information content (AvgIpc) is 3.36. The molecule has 4 aliphatic rings. The summed E-state index contributed by atoms with van der Waals surface area (Å²) in [6.07, 6.45) is 19.0. The molecule has 5 atom stereocenters. The van der Waals surface area contributed by atoms with Gasteiger partial charge in [-0.2, -0.15) is 5.10 Å².